The van der Waals surface area contributed by atoms with E-state index in [1.807, 2.05) is 0 Å². The number of rotatable bonds is 0. The molecular formula is C9H19N3. The van der Waals surface area contributed by atoms with Gasteiger partial charge < -0.3 is 10.2 Å². The van der Waals surface area contributed by atoms with Gasteiger partial charge in [0.2, 0.25) is 0 Å². The fourth-order valence-corrected chi connectivity index (χ4v) is 1.06. The molecule has 3 heteroatoms. The van der Waals surface area contributed by atoms with E-state index in [1.165, 1.54) is 0 Å². The van der Waals surface area contributed by atoms with Crippen molar-refractivity contribution in [3.63, 3.8) is 0 Å². The molecule has 0 radical (unpaired) electrons. The second-order valence-corrected chi connectivity index (χ2v) is 4.44. The van der Waals surface area contributed by atoms with Crippen molar-refractivity contribution in [2.24, 2.45) is 4.99 Å². The first-order chi connectivity index (χ1) is 5.41. The maximum absolute atomic E-state index is 4.41. The molecule has 0 saturated heterocycles. The van der Waals surface area contributed by atoms with Crippen LogP contribution in [0.3, 0.4) is 0 Å². The van der Waals surface area contributed by atoms with Gasteiger partial charge in [-0.2, -0.15) is 0 Å². The molecule has 0 bridgehead atoms. The van der Waals surface area contributed by atoms with Crippen LogP contribution >= 0.6 is 0 Å². The molecule has 1 aliphatic heterocycles. The van der Waals surface area contributed by atoms with Crippen molar-refractivity contribution in [1.29, 1.82) is 0 Å². The lowest BCUT2D eigenvalue weighted by molar-refractivity contribution is 0.274. The van der Waals surface area contributed by atoms with Crippen molar-refractivity contribution in [2.75, 3.05) is 13.6 Å². The summed E-state index contributed by atoms with van der Waals surface area (Å²) in [5, 5.41) is 3.34. The lowest BCUT2D eigenvalue weighted by Gasteiger charge is -2.33. The molecule has 0 fully saturated rings. The van der Waals surface area contributed by atoms with Gasteiger partial charge in [-0.15, -0.1) is 0 Å². The van der Waals surface area contributed by atoms with Gasteiger partial charge in [0.15, 0.2) is 5.96 Å². The van der Waals surface area contributed by atoms with Gasteiger partial charge in [0, 0.05) is 18.6 Å². The third-order valence-electron chi connectivity index (χ3n) is 2.21. The Labute approximate surface area is 74.9 Å². The average Bonchev–Trinajstić information content (AvgIpc) is 2.32. The number of aliphatic imine (C=N–C) groups is 1. The molecule has 0 aromatic rings. The number of hydrogen-bond acceptors (Lipinski definition) is 3. The van der Waals surface area contributed by atoms with Crippen LogP contribution in [0.1, 0.15) is 27.7 Å². The van der Waals surface area contributed by atoms with Crippen molar-refractivity contribution in [3.05, 3.63) is 0 Å². The lowest BCUT2D eigenvalue weighted by atomic mass is 10.1. The lowest BCUT2D eigenvalue weighted by Crippen LogP contribution is -2.48. The number of guanidine groups is 1. The summed E-state index contributed by atoms with van der Waals surface area (Å²) in [4.78, 5) is 6.59. The highest BCUT2D eigenvalue weighted by molar-refractivity contribution is 5.82. The Morgan fingerprint density at radius 3 is 2.42 bits per heavy atom. The van der Waals surface area contributed by atoms with Crippen LogP contribution in [0.4, 0.5) is 0 Å². The van der Waals surface area contributed by atoms with E-state index in [9.17, 15) is 0 Å². The zero-order valence-electron chi connectivity index (χ0n) is 8.68. The fraction of sp³-hybridized carbons (Fsp3) is 0.889. The molecule has 1 unspecified atom stereocenters. The predicted molar refractivity (Wildman–Crippen MR) is 52.4 cm³/mol. The summed E-state index contributed by atoms with van der Waals surface area (Å²) in [6, 6.07) is 0.491. The Kier molecular flexibility index (Phi) is 2.31. The van der Waals surface area contributed by atoms with E-state index in [2.05, 4.69) is 50.0 Å². The van der Waals surface area contributed by atoms with Gasteiger partial charge in [0.05, 0.1) is 6.54 Å². The highest BCUT2D eigenvalue weighted by atomic mass is 15.3. The van der Waals surface area contributed by atoms with E-state index in [0.717, 1.165) is 12.5 Å². The Morgan fingerprint density at radius 1 is 1.50 bits per heavy atom. The molecule has 1 N–H and O–H groups in total. The molecule has 0 amide bonds. The summed E-state index contributed by atoms with van der Waals surface area (Å²) in [6.45, 7) is 9.59. The van der Waals surface area contributed by atoms with E-state index in [1.54, 1.807) is 0 Å². The summed E-state index contributed by atoms with van der Waals surface area (Å²) in [7, 11) is 2.07. The second kappa shape index (κ2) is 2.96. The summed E-state index contributed by atoms with van der Waals surface area (Å²) < 4.78 is 0. The molecule has 0 aromatic carbocycles. The molecule has 0 spiro atoms. The largest absolute Gasteiger partial charge is 0.352 e. The van der Waals surface area contributed by atoms with Crippen LogP contribution in [0.15, 0.2) is 4.99 Å². The van der Waals surface area contributed by atoms with E-state index >= 15 is 0 Å². The number of nitrogens with zero attached hydrogens (tertiary/aromatic N) is 2. The minimum absolute atomic E-state index is 0.149. The minimum Gasteiger partial charge on any atom is -0.352 e. The van der Waals surface area contributed by atoms with E-state index in [4.69, 9.17) is 0 Å². The van der Waals surface area contributed by atoms with Crippen molar-refractivity contribution in [3.8, 4) is 0 Å². The van der Waals surface area contributed by atoms with Gasteiger partial charge >= 0.3 is 0 Å². The van der Waals surface area contributed by atoms with Gasteiger partial charge in [-0.1, -0.05) is 0 Å². The van der Waals surface area contributed by atoms with Crippen molar-refractivity contribution in [2.45, 2.75) is 39.3 Å². The van der Waals surface area contributed by atoms with Crippen LogP contribution in [0.5, 0.6) is 0 Å². The smallest absolute Gasteiger partial charge is 0.194 e. The monoisotopic (exact) mass is 169 g/mol. The summed E-state index contributed by atoms with van der Waals surface area (Å²) in [5.41, 5.74) is 0.149. The molecule has 0 aromatic heterocycles. The number of nitrogens with one attached hydrogen (secondary N) is 1. The Hall–Kier alpha value is -0.730. The second-order valence-electron chi connectivity index (χ2n) is 4.44. The van der Waals surface area contributed by atoms with Crippen LogP contribution in [-0.2, 0) is 0 Å². The summed E-state index contributed by atoms with van der Waals surface area (Å²) >= 11 is 0. The van der Waals surface area contributed by atoms with Crippen LogP contribution in [0, 0.1) is 0 Å². The van der Waals surface area contributed by atoms with Crippen LogP contribution in [0.25, 0.3) is 0 Å². The topological polar surface area (TPSA) is 27.6 Å². The molecule has 0 saturated carbocycles. The van der Waals surface area contributed by atoms with Gasteiger partial charge in [-0.3, -0.25) is 4.99 Å². The molecule has 70 valence electrons. The third-order valence-corrected chi connectivity index (χ3v) is 2.21. The van der Waals surface area contributed by atoms with Crippen LogP contribution in [0.2, 0.25) is 0 Å². The van der Waals surface area contributed by atoms with Gasteiger partial charge in [-0.25, -0.2) is 0 Å². The first kappa shape index (κ1) is 9.36. The Balaban J connectivity index is 2.60. The normalized spacial score (nSPS) is 23.4. The Bertz CT molecular complexity index is 190. The van der Waals surface area contributed by atoms with Crippen molar-refractivity contribution < 1.29 is 0 Å². The van der Waals surface area contributed by atoms with Gasteiger partial charge in [0.1, 0.15) is 0 Å². The molecule has 12 heavy (non-hydrogen) atoms. The molecule has 1 aliphatic rings. The first-order valence-corrected chi connectivity index (χ1v) is 4.46. The quantitative estimate of drug-likeness (QED) is 0.587. The predicted octanol–water partition coefficient (Wildman–Crippen LogP) is 1.06. The van der Waals surface area contributed by atoms with Crippen molar-refractivity contribution >= 4 is 5.96 Å². The summed E-state index contributed by atoms with van der Waals surface area (Å²) in [5.74, 6) is 1.02. The van der Waals surface area contributed by atoms with Crippen molar-refractivity contribution in [1.82, 2.24) is 10.2 Å². The highest BCUT2D eigenvalue weighted by Crippen LogP contribution is 2.12. The maximum Gasteiger partial charge on any atom is 0.194 e. The minimum atomic E-state index is 0.149. The zero-order valence-corrected chi connectivity index (χ0v) is 8.68. The summed E-state index contributed by atoms with van der Waals surface area (Å²) in [6.07, 6.45) is 0. The van der Waals surface area contributed by atoms with E-state index in [0.29, 0.717) is 6.04 Å². The first-order valence-electron chi connectivity index (χ1n) is 4.46. The van der Waals surface area contributed by atoms with Crippen LogP contribution in [-0.4, -0.2) is 36.0 Å². The SMILES string of the molecule is CC1CN=C(N(C)C(C)(C)C)N1. The number of hydrogen-bond donors (Lipinski definition) is 1. The average molecular weight is 169 g/mol. The molecule has 1 rings (SSSR count). The van der Waals surface area contributed by atoms with E-state index < -0.39 is 0 Å². The maximum atomic E-state index is 4.41. The molecular weight excluding hydrogens is 150 g/mol. The third kappa shape index (κ3) is 1.90. The molecule has 1 atom stereocenters. The Morgan fingerprint density at radius 2 is 2.08 bits per heavy atom. The van der Waals surface area contributed by atoms with Crippen LogP contribution < -0.4 is 5.32 Å². The standard InChI is InChI=1S/C9H19N3/c1-7-6-10-8(11-7)12(5)9(2,3)4/h7H,6H2,1-5H3,(H,10,11). The fourth-order valence-electron chi connectivity index (χ4n) is 1.06. The molecule has 1 heterocycles. The van der Waals surface area contributed by atoms with E-state index in [-0.39, 0.29) is 5.54 Å². The van der Waals surface area contributed by atoms with Gasteiger partial charge in [-0.05, 0) is 27.7 Å². The molecule has 0 aliphatic carbocycles. The zero-order chi connectivity index (χ0) is 9.35. The highest BCUT2D eigenvalue weighted by Gasteiger charge is 2.24. The molecule has 3 nitrogen and oxygen atoms in total. The van der Waals surface area contributed by atoms with Gasteiger partial charge in [0.25, 0.3) is 0 Å².